The lowest BCUT2D eigenvalue weighted by Crippen LogP contribution is -2.39. The van der Waals surface area contributed by atoms with Crippen LogP contribution in [0.25, 0.3) is 5.69 Å². The van der Waals surface area contributed by atoms with Crippen molar-refractivity contribution in [2.24, 2.45) is 5.10 Å². The smallest absolute Gasteiger partial charge is 0.418 e. The van der Waals surface area contributed by atoms with Crippen LogP contribution in [0.3, 0.4) is 0 Å². The van der Waals surface area contributed by atoms with E-state index in [2.05, 4.69) is 10.5 Å². The second-order valence-electron chi connectivity index (χ2n) is 9.11. The summed E-state index contributed by atoms with van der Waals surface area (Å²) in [7, 11) is -2.78. The first kappa shape index (κ1) is 30.7. The van der Waals surface area contributed by atoms with E-state index in [1.54, 1.807) is 38.1 Å². The van der Waals surface area contributed by atoms with Crippen molar-refractivity contribution in [2.45, 2.75) is 24.9 Å². The Hall–Kier alpha value is -4.29. The molecule has 220 valence electrons. The van der Waals surface area contributed by atoms with Crippen LogP contribution in [0.5, 0.6) is 5.75 Å². The molecular formula is C29H26ClF3N4O4S. The number of aryl methyl sites for hydroxylation is 1. The fourth-order valence-electron chi connectivity index (χ4n) is 4.38. The number of carbonyl (C=O) groups is 1. The first-order valence-electron chi connectivity index (χ1n) is 12.4. The van der Waals surface area contributed by atoms with Gasteiger partial charge in [0.25, 0.3) is 15.9 Å². The van der Waals surface area contributed by atoms with E-state index in [9.17, 15) is 26.4 Å². The number of nitrogens with zero attached hydrogens (tertiary/aromatic N) is 3. The monoisotopic (exact) mass is 618 g/mol. The minimum atomic E-state index is -4.55. The molecule has 0 aliphatic rings. The molecule has 0 saturated heterocycles. The molecule has 0 aliphatic carbocycles. The molecule has 4 rings (SSSR count). The molecule has 42 heavy (non-hydrogen) atoms. The zero-order chi connectivity index (χ0) is 30.7. The summed E-state index contributed by atoms with van der Waals surface area (Å²) in [4.78, 5) is 12.9. The van der Waals surface area contributed by atoms with Gasteiger partial charge in [0.15, 0.2) is 0 Å². The Bertz CT molecular complexity index is 1740. The van der Waals surface area contributed by atoms with Crippen LogP contribution in [0.4, 0.5) is 18.9 Å². The molecule has 0 saturated carbocycles. The summed E-state index contributed by atoms with van der Waals surface area (Å²) in [6.07, 6.45) is -3.27. The summed E-state index contributed by atoms with van der Waals surface area (Å²) in [5.41, 5.74) is 3.04. The minimum absolute atomic E-state index is 0.0383. The third-order valence-corrected chi connectivity index (χ3v) is 8.44. The number of amides is 1. The van der Waals surface area contributed by atoms with Gasteiger partial charge >= 0.3 is 6.18 Å². The normalized spacial score (nSPS) is 12.0. The van der Waals surface area contributed by atoms with Crippen molar-refractivity contribution >= 4 is 39.4 Å². The number of carbonyl (C=O) groups excluding carboxylic acids is 1. The minimum Gasteiger partial charge on any atom is -0.495 e. The summed E-state index contributed by atoms with van der Waals surface area (Å²) in [6.45, 7) is 2.64. The highest BCUT2D eigenvalue weighted by Gasteiger charge is 2.34. The Labute approximate surface area is 246 Å². The van der Waals surface area contributed by atoms with Gasteiger partial charge in [0, 0.05) is 17.0 Å². The van der Waals surface area contributed by atoms with Gasteiger partial charge in [0.2, 0.25) is 0 Å². The molecule has 1 N–H and O–H groups in total. The molecule has 1 heterocycles. The van der Waals surface area contributed by atoms with Crippen LogP contribution in [0, 0.1) is 13.8 Å². The van der Waals surface area contributed by atoms with Crippen molar-refractivity contribution in [2.75, 3.05) is 18.0 Å². The molecule has 0 aliphatic heterocycles. The number of hydrogen-bond donors (Lipinski definition) is 1. The third-order valence-electron chi connectivity index (χ3n) is 6.36. The predicted octanol–water partition coefficient (Wildman–Crippen LogP) is 6.12. The number of halogens is 4. The number of alkyl halides is 3. The summed E-state index contributed by atoms with van der Waals surface area (Å²) in [5.74, 6) is -0.448. The van der Waals surface area contributed by atoms with Gasteiger partial charge in [-0.25, -0.2) is 13.8 Å². The maximum atomic E-state index is 13.6. The van der Waals surface area contributed by atoms with Crippen molar-refractivity contribution in [3.63, 3.8) is 0 Å². The summed E-state index contributed by atoms with van der Waals surface area (Å²) in [5, 5.41) is 4.08. The molecule has 4 aromatic rings. The van der Waals surface area contributed by atoms with Gasteiger partial charge in [-0.15, -0.1) is 0 Å². The second kappa shape index (κ2) is 12.3. The molecule has 0 atom stereocenters. The average Bonchev–Trinajstić information content (AvgIpc) is 3.23. The zero-order valence-electron chi connectivity index (χ0n) is 22.7. The predicted molar refractivity (Wildman–Crippen MR) is 155 cm³/mol. The largest absolute Gasteiger partial charge is 0.495 e. The lowest BCUT2D eigenvalue weighted by Gasteiger charge is -2.24. The maximum Gasteiger partial charge on any atom is 0.418 e. The molecule has 1 amide bonds. The molecule has 0 radical (unpaired) electrons. The standard InChI is InChI=1S/C29H26ClF3N4O4S/c1-19-15-21(20(2)37(19)26-12-8-7-11-24(26)29(31,32)33)17-34-35-28(38)18-36(22-13-14-27(41-3)25(30)16-22)42(39,40)23-9-5-4-6-10-23/h4-17H,18H2,1-3H3,(H,35,38)/b34-17-. The molecular weight excluding hydrogens is 593 g/mol. The fraction of sp³-hybridized carbons (Fsp3) is 0.172. The molecule has 0 spiro atoms. The van der Waals surface area contributed by atoms with Crippen LogP contribution in [-0.2, 0) is 21.0 Å². The van der Waals surface area contributed by atoms with E-state index in [4.69, 9.17) is 16.3 Å². The quantitative estimate of drug-likeness (QED) is 0.181. The van der Waals surface area contributed by atoms with Crippen LogP contribution in [-0.4, -0.2) is 38.8 Å². The highest BCUT2D eigenvalue weighted by molar-refractivity contribution is 7.92. The van der Waals surface area contributed by atoms with Gasteiger partial charge in [-0.1, -0.05) is 41.9 Å². The molecule has 8 nitrogen and oxygen atoms in total. The van der Waals surface area contributed by atoms with E-state index >= 15 is 0 Å². The Balaban J connectivity index is 1.59. The van der Waals surface area contributed by atoms with Crippen molar-refractivity contribution in [1.82, 2.24) is 9.99 Å². The van der Waals surface area contributed by atoms with Crippen molar-refractivity contribution in [3.8, 4) is 11.4 Å². The molecule has 0 fully saturated rings. The maximum absolute atomic E-state index is 13.6. The highest BCUT2D eigenvalue weighted by Crippen LogP contribution is 2.35. The van der Waals surface area contributed by atoms with E-state index in [-0.39, 0.29) is 21.3 Å². The number of ether oxygens (including phenoxy) is 1. The number of benzene rings is 3. The lowest BCUT2D eigenvalue weighted by atomic mass is 10.1. The van der Waals surface area contributed by atoms with Gasteiger partial charge in [0.1, 0.15) is 12.3 Å². The number of rotatable bonds is 9. The summed E-state index contributed by atoms with van der Waals surface area (Å²) in [6, 6.07) is 18.7. The zero-order valence-corrected chi connectivity index (χ0v) is 24.3. The number of sulfonamides is 1. The van der Waals surface area contributed by atoms with Crippen molar-refractivity contribution in [3.05, 3.63) is 106 Å². The first-order valence-corrected chi connectivity index (χ1v) is 14.2. The number of methoxy groups -OCH3 is 1. The van der Waals surface area contributed by atoms with Gasteiger partial charge in [-0.05, 0) is 62.4 Å². The lowest BCUT2D eigenvalue weighted by molar-refractivity contribution is -0.137. The molecule has 1 aromatic heterocycles. The van der Waals surface area contributed by atoms with E-state index in [1.807, 2.05) is 0 Å². The van der Waals surface area contributed by atoms with Crippen molar-refractivity contribution < 1.29 is 31.1 Å². The van der Waals surface area contributed by atoms with E-state index in [0.29, 0.717) is 22.7 Å². The summed E-state index contributed by atoms with van der Waals surface area (Å²) < 4.78 is 75.4. The van der Waals surface area contributed by atoms with Crippen LogP contribution < -0.4 is 14.5 Å². The van der Waals surface area contributed by atoms with Gasteiger partial charge in [0.05, 0.1) is 40.2 Å². The first-order chi connectivity index (χ1) is 19.8. The van der Waals surface area contributed by atoms with Gasteiger partial charge in [-0.3, -0.25) is 9.10 Å². The van der Waals surface area contributed by atoms with Crippen LogP contribution in [0.2, 0.25) is 5.02 Å². The molecule has 0 unspecified atom stereocenters. The Morgan fingerprint density at radius 2 is 1.71 bits per heavy atom. The van der Waals surface area contributed by atoms with E-state index < -0.39 is 34.2 Å². The van der Waals surface area contributed by atoms with E-state index in [0.717, 1.165) is 10.4 Å². The topological polar surface area (TPSA) is 93.0 Å². The average molecular weight is 619 g/mol. The number of aromatic nitrogens is 1. The Morgan fingerprint density at radius 3 is 2.36 bits per heavy atom. The van der Waals surface area contributed by atoms with Crippen LogP contribution >= 0.6 is 11.6 Å². The number of para-hydroxylation sites is 1. The number of anilines is 1. The molecule has 0 bridgehead atoms. The molecule has 13 heteroatoms. The Kier molecular flexibility index (Phi) is 8.97. The van der Waals surface area contributed by atoms with E-state index in [1.165, 1.54) is 66.4 Å². The van der Waals surface area contributed by atoms with Crippen molar-refractivity contribution in [1.29, 1.82) is 0 Å². The third kappa shape index (κ3) is 6.44. The van der Waals surface area contributed by atoms with Gasteiger partial charge < -0.3 is 9.30 Å². The number of nitrogens with one attached hydrogen (secondary N) is 1. The second-order valence-corrected chi connectivity index (χ2v) is 11.4. The highest BCUT2D eigenvalue weighted by atomic mass is 35.5. The SMILES string of the molecule is COc1ccc(N(CC(=O)N/N=C\c2cc(C)n(-c3ccccc3C(F)(F)F)c2C)S(=O)(=O)c2ccccc2)cc1Cl. The molecule has 3 aromatic carbocycles. The van der Waals surface area contributed by atoms with Gasteiger partial charge in [-0.2, -0.15) is 18.3 Å². The van der Waals surface area contributed by atoms with Crippen LogP contribution in [0.1, 0.15) is 22.5 Å². The number of hydrazone groups is 1. The number of hydrogen-bond acceptors (Lipinski definition) is 5. The fourth-order valence-corrected chi connectivity index (χ4v) is 6.07. The van der Waals surface area contributed by atoms with Crippen LogP contribution in [0.15, 0.2) is 88.9 Å². The Morgan fingerprint density at radius 1 is 1.05 bits per heavy atom. The summed E-state index contributed by atoms with van der Waals surface area (Å²) >= 11 is 6.23.